The third kappa shape index (κ3) is 8.06. The molecule has 0 saturated carbocycles. The van der Waals surface area contributed by atoms with E-state index in [2.05, 4.69) is 39.9 Å². The van der Waals surface area contributed by atoms with Gasteiger partial charge in [0, 0.05) is 12.1 Å². The van der Waals surface area contributed by atoms with Crippen LogP contribution in [0.3, 0.4) is 0 Å². The molecule has 0 aromatic heterocycles. The van der Waals surface area contributed by atoms with Crippen LogP contribution in [-0.2, 0) is 0 Å². The summed E-state index contributed by atoms with van der Waals surface area (Å²) < 4.78 is 0. The molecule has 0 fully saturated rings. The lowest BCUT2D eigenvalue weighted by Gasteiger charge is -2.22. The lowest BCUT2D eigenvalue weighted by Crippen LogP contribution is -2.36. The number of nitrogens with one attached hydrogen (secondary N) is 1. The molecule has 12 heavy (non-hydrogen) atoms. The summed E-state index contributed by atoms with van der Waals surface area (Å²) in [6.45, 7) is 15.2. The van der Waals surface area contributed by atoms with E-state index in [1.165, 1.54) is 6.42 Å². The lowest BCUT2D eigenvalue weighted by atomic mass is 10.0. The second kappa shape index (κ2) is 9.05. The Morgan fingerprint density at radius 2 is 1.42 bits per heavy atom. The zero-order chi connectivity index (χ0) is 10.1. The minimum Gasteiger partial charge on any atom is -0.312 e. The summed E-state index contributed by atoms with van der Waals surface area (Å²) in [5.41, 5.74) is 0. The van der Waals surface area contributed by atoms with Crippen molar-refractivity contribution in [3.63, 3.8) is 0 Å². The summed E-state index contributed by atoms with van der Waals surface area (Å²) in [4.78, 5) is 0. The van der Waals surface area contributed by atoms with E-state index < -0.39 is 0 Å². The summed E-state index contributed by atoms with van der Waals surface area (Å²) >= 11 is 0. The Bertz CT molecular complexity index is 79.1. The summed E-state index contributed by atoms with van der Waals surface area (Å²) in [5.74, 6) is 0.794. The lowest BCUT2D eigenvalue weighted by molar-refractivity contribution is 0.366. The molecule has 1 heteroatoms. The van der Waals surface area contributed by atoms with Crippen LogP contribution in [0.4, 0.5) is 0 Å². The Labute approximate surface area is 78.9 Å². The van der Waals surface area contributed by atoms with Gasteiger partial charge in [-0.3, -0.25) is 0 Å². The quantitative estimate of drug-likeness (QED) is 0.686. The molecule has 2 atom stereocenters. The van der Waals surface area contributed by atoms with E-state index in [0.29, 0.717) is 12.1 Å². The Kier molecular flexibility index (Phi) is 10.9. The van der Waals surface area contributed by atoms with E-state index in [0.717, 1.165) is 5.92 Å². The minimum atomic E-state index is 0.615. The van der Waals surface area contributed by atoms with Crippen molar-refractivity contribution < 1.29 is 0 Å². The van der Waals surface area contributed by atoms with Gasteiger partial charge in [0.1, 0.15) is 0 Å². The molecule has 76 valence electrons. The van der Waals surface area contributed by atoms with Gasteiger partial charge >= 0.3 is 0 Å². The van der Waals surface area contributed by atoms with Gasteiger partial charge in [0.15, 0.2) is 0 Å². The van der Waals surface area contributed by atoms with Gasteiger partial charge in [-0.1, -0.05) is 48.0 Å². The molecule has 0 aromatic carbocycles. The molecule has 0 saturated heterocycles. The van der Waals surface area contributed by atoms with Crippen LogP contribution in [0.15, 0.2) is 0 Å². The Hall–Kier alpha value is -0.0400. The maximum atomic E-state index is 3.49. The average molecular weight is 173 g/mol. The molecule has 0 aliphatic carbocycles. The van der Waals surface area contributed by atoms with Crippen molar-refractivity contribution in [1.29, 1.82) is 0 Å². The van der Waals surface area contributed by atoms with Crippen molar-refractivity contribution in [1.82, 2.24) is 5.32 Å². The topological polar surface area (TPSA) is 12.0 Å². The minimum absolute atomic E-state index is 0.615. The zero-order valence-electron chi connectivity index (χ0n) is 9.94. The van der Waals surface area contributed by atoms with Gasteiger partial charge in [0.25, 0.3) is 0 Å². The van der Waals surface area contributed by atoms with Crippen molar-refractivity contribution in [2.24, 2.45) is 5.92 Å². The average Bonchev–Trinajstić information content (AvgIpc) is 2.05. The first-order valence-corrected chi connectivity index (χ1v) is 5.34. The summed E-state index contributed by atoms with van der Waals surface area (Å²) in [6, 6.07) is 1.27. The first kappa shape index (κ1) is 14.5. The standard InChI is InChI=1S/C9H21N.C2H6/c1-6-8(4)9(5)10-7(2)3;1-2/h7-10H,6H2,1-5H3;1-2H3. The molecular weight excluding hydrogens is 146 g/mol. The van der Waals surface area contributed by atoms with Gasteiger partial charge < -0.3 is 5.32 Å². The highest BCUT2D eigenvalue weighted by atomic mass is 14.9. The SMILES string of the molecule is CC.CCC(C)C(C)NC(C)C. The highest BCUT2D eigenvalue weighted by Gasteiger charge is 2.09. The molecule has 0 aliphatic rings. The highest BCUT2D eigenvalue weighted by Crippen LogP contribution is 2.06. The Morgan fingerprint density at radius 3 is 1.67 bits per heavy atom. The van der Waals surface area contributed by atoms with Crippen LogP contribution < -0.4 is 5.32 Å². The molecule has 0 aliphatic heterocycles. The molecule has 0 amide bonds. The molecule has 1 N–H and O–H groups in total. The third-order valence-corrected chi connectivity index (χ3v) is 2.09. The second-order valence-electron chi connectivity index (χ2n) is 3.50. The number of hydrogen-bond donors (Lipinski definition) is 1. The van der Waals surface area contributed by atoms with Crippen molar-refractivity contribution in [3.8, 4) is 0 Å². The Morgan fingerprint density at radius 1 is 1.00 bits per heavy atom. The monoisotopic (exact) mass is 173 g/mol. The van der Waals surface area contributed by atoms with Crippen molar-refractivity contribution >= 4 is 0 Å². The van der Waals surface area contributed by atoms with E-state index in [9.17, 15) is 0 Å². The van der Waals surface area contributed by atoms with Crippen LogP contribution in [0.5, 0.6) is 0 Å². The van der Waals surface area contributed by atoms with Gasteiger partial charge in [-0.05, 0) is 12.8 Å². The fourth-order valence-corrected chi connectivity index (χ4v) is 1.04. The fourth-order valence-electron chi connectivity index (χ4n) is 1.04. The molecule has 0 radical (unpaired) electrons. The molecular formula is C11H27N. The zero-order valence-corrected chi connectivity index (χ0v) is 9.94. The van der Waals surface area contributed by atoms with E-state index in [1.807, 2.05) is 13.8 Å². The molecule has 0 rings (SSSR count). The van der Waals surface area contributed by atoms with Gasteiger partial charge in [-0.25, -0.2) is 0 Å². The number of rotatable bonds is 4. The molecule has 2 unspecified atom stereocenters. The largest absolute Gasteiger partial charge is 0.312 e. The Balaban J connectivity index is 0. The predicted molar refractivity (Wildman–Crippen MR) is 58.5 cm³/mol. The first-order chi connectivity index (χ1) is 5.57. The van der Waals surface area contributed by atoms with Crippen molar-refractivity contribution in [2.45, 2.75) is 67.0 Å². The van der Waals surface area contributed by atoms with Crippen molar-refractivity contribution in [3.05, 3.63) is 0 Å². The van der Waals surface area contributed by atoms with Gasteiger partial charge in [-0.2, -0.15) is 0 Å². The molecule has 0 heterocycles. The molecule has 0 bridgehead atoms. The maximum Gasteiger partial charge on any atom is 0.00666 e. The normalized spacial score (nSPS) is 15.0. The summed E-state index contributed by atoms with van der Waals surface area (Å²) in [5, 5.41) is 3.49. The van der Waals surface area contributed by atoms with E-state index in [1.54, 1.807) is 0 Å². The van der Waals surface area contributed by atoms with E-state index in [-0.39, 0.29) is 0 Å². The second-order valence-corrected chi connectivity index (χ2v) is 3.50. The molecule has 0 spiro atoms. The summed E-state index contributed by atoms with van der Waals surface area (Å²) in [7, 11) is 0. The number of hydrogen-bond acceptors (Lipinski definition) is 1. The van der Waals surface area contributed by atoms with Crippen LogP contribution in [-0.4, -0.2) is 12.1 Å². The highest BCUT2D eigenvalue weighted by molar-refractivity contribution is 4.68. The van der Waals surface area contributed by atoms with Gasteiger partial charge in [0.05, 0.1) is 0 Å². The van der Waals surface area contributed by atoms with Crippen LogP contribution in [0.2, 0.25) is 0 Å². The van der Waals surface area contributed by atoms with Crippen LogP contribution >= 0.6 is 0 Å². The maximum absolute atomic E-state index is 3.49. The fraction of sp³-hybridized carbons (Fsp3) is 1.00. The molecule has 0 aromatic rings. The third-order valence-electron chi connectivity index (χ3n) is 2.09. The van der Waals surface area contributed by atoms with Crippen LogP contribution in [0.1, 0.15) is 54.9 Å². The van der Waals surface area contributed by atoms with Crippen molar-refractivity contribution in [2.75, 3.05) is 0 Å². The van der Waals surface area contributed by atoms with E-state index >= 15 is 0 Å². The molecule has 1 nitrogen and oxygen atoms in total. The summed E-state index contributed by atoms with van der Waals surface area (Å²) in [6.07, 6.45) is 1.26. The van der Waals surface area contributed by atoms with Crippen LogP contribution in [0.25, 0.3) is 0 Å². The van der Waals surface area contributed by atoms with E-state index in [4.69, 9.17) is 0 Å². The van der Waals surface area contributed by atoms with Gasteiger partial charge in [0.2, 0.25) is 0 Å². The smallest absolute Gasteiger partial charge is 0.00666 e. The van der Waals surface area contributed by atoms with Gasteiger partial charge in [-0.15, -0.1) is 0 Å². The first-order valence-electron chi connectivity index (χ1n) is 5.34. The predicted octanol–water partition coefficient (Wildman–Crippen LogP) is 3.45. The van der Waals surface area contributed by atoms with Crippen LogP contribution in [0, 0.1) is 5.92 Å².